The molecule has 2 fully saturated rings. The Bertz CT molecular complexity index is 1000. The molecule has 2 aliphatic rings. The molecule has 1 aromatic carbocycles. The van der Waals surface area contributed by atoms with Crippen LogP contribution in [0.1, 0.15) is 29.3 Å². The standard InChI is InChI=1S/C24H33N3O5S/c1-19-4-6-20(7-5-19)23(17-26-9-12-31-13-10-26)25-15-24(28)27(16-22-3-2-11-32-22)21-8-14-33(29,30)18-21/h2-7,11,21,23,25H,8-10,12-18H2,1H3/t21-,23-/m1/s1. The second-order valence-electron chi connectivity index (χ2n) is 8.92. The second kappa shape index (κ2) is 10.8. The number of nitrogens with zero attached hydrogens (tertiary/aromatic N) is 2. The normalized spacial score (nSPS) is 21.7. The number of carbonyl (C=O) groups excluding carboxylic acids is 1. The van der Waals surface area contributed by atoms with Crippen molar-refractivity contribution in [3.05, 3.63) is 59.5 Å². The third kappa shape index (κ3) is 6.66. The van der Waals surface area contributed by atoms with E-state index in [1.165, 1.54) is 5.56 Å². The lowest BCUT2D eigenvalue weighted by Gasteiger charge is -2.32. The van der Waals surface area contributed by atoms with Gasteiger partial charge in [-0.2, -0.15) is 0 Å². The highest BCUT2D eigenvalue weighted by Crippen LogP contribution is 2.21. The van der Waals surface area contributed by atoms with Crippen LogP contribution in [0.4, 0.5) is 0 Å². The van der Waals surface area contributed by atoms with Gasteiger partial charge in [0.05, 0.1) is 44.1 Å². The van der Waals surface area contributed by atoms with Gasteiger partial charge >= 0.3 is 0 Å². The molecule has 2 atom stereocenters. The fourth-order valence-electron chi connectivity index (χ4n) is 4.45. The highest BCUT2D eigenvalue weighted by atomic mass is 32.2. The summed E-state index contributed by atoms with van der Waals surface area (Å²) in [6.45, 7) is 6.38. The Kier molecular flexibility index (Phi) is 7.85. The fraction of sp³-hybridized carbons (Fsp3) is 0.542. The molecule has 2 aromatic rings. The van der Waals surface area contributed by atoms with Gasteiger partial charge in [0.25, 0.3) is 0 Å². The van der Waals surface area contributed by atoms with Crippen molar-refractivity contribution in [3.8, 4) is 0 Å². The van der Waals surface area contributed by atoms with Gasteiger partial charge in [0.2, 0.25) is 5.91 Å². The van der Waals surface area contributed by atoms with E-state index in [-0.39, 0.29) is 42.6 Å². The molecule has 9 heteroatoms. The van der Waals surface area contributed by atoms with Crippen LogP contribution in [0.15, 0.2) is 47.1 Å². The molecule has 1 N–H and O–H groups in total. The number of nitrogens with one attached hydrogen (secondary N) is 1. The minimum Gasteiger partial charge on any atom is -0.467 e. The van der Waals surface area contributed by atoms with Crippen LogP contribution in [-0.2, 0) is 25.9 Å². The summed E-state index contributed by atoms with van der Waals surface area (Å²) in [5.41, 5.74) is 2.31. The Morgan fingerprint density at radius 1 is 1.21 bits per heavy atom. The molecule has 0 saturated carbocycles. The van der Waals surface area contributed by atoms with Gasteiger partial charge in [-0.1, -0.05) is 29.8 Å². The molecule has 8 nitrogen and oxygen atoms in total. The number of benzene rings is 1. The van der Waals surface area contributed by atoms with Gasteiger partial charge in [0.1, 0.15) is 5.76 Å². The Morgan fingerprint density at radius 2 is 1.97 bits per heavy atom. The Labute approximate surface area is 195 Å². The van der Waals surface area contributed by atoms with Crippen LogP contribution in [0.5, 0.6) is 0 Å². The SMILES string of the molecule is Cc1ccc([C@@H](CN2CCOCC2)NCC(=O)N(Cc2ccco2)[C@@H]2CCS(=O)(=O)C2)cc1. The van der Waals surface area contributed by atoms with Gasteiger partial charge in [-0.3, -0.25) is 9.69 Å². The van der Waals surface area contributed by atoms with Crippen LogP contribution in [0.3, 0.4) is 0 Å². The van der Waals surface area contributed by atoms with E-state index in [0.717, 1.165) is 25.2 Å². The average molecular weight is 476 g/mol. The van der Waals surface area contributed by atoms with Crippen molar-refractivity contribution in [1.82, 2.24) is 15.1 Å². The number of hydrogen-bond acceptors (Lipinski definition) is 7. The van der Waals surface area contributed by atoms with E-state index in [1.807, 2.05) is 6.07 Å². The van der Waals surface area contributed by atoms with Gasteiger partial charge in [-0.25, -0.2) is 8.42 Å². The number of aryl methyl sites for hydroxylation is 1. The molecule has 0 aliphatic carbocycles. The van der Waals surface area contributed by atoms with Crippen molar-refractivity contribution < 1.29 is 22.4 Å². The fourth-order valence-corrected chi connectivity index (χ4v) is 6.18. The summed E-state index contributed by atoms with van der Waals surface area (Å²) >= 11 is 0. The third-order valence-corrected chi connectivity index (χ3v) is 8.15. The van der Waals surface area contributed by atoms with E-state index in [9.17, 15) is 13.2 Å². The van der Waals surface area contributed by atoms with Crippen molar-refractivity contribution in [2.24, 2.45) is 0 Å². The van der Waals surface area contributed by atoms with Gasteiger partial charge < -0.3 is 19.4 Å². The molecule has 0 unspecified atom stereocenters. The first-order valence-electron chi connectivity index (χ1n) is 11.5. The number of ether oxygens (including phenoxy) is 1. The van der Waals surface area contributed by atoms with E-state index >= 15 is 0 Å². The van der Waals surface area contributed by atoms with Gasteiger partial charge in [0.15, 0.2) is 9.84 Å². The molecular formula is C24H33N3O5S. The number of amides is 1. The molecule has 4 rings (SSSR count). The lowest BCUT2D eigenvalue weighted by molar-refractivity contribution is -0.133. The molecule has 0 spiro atoms. The second-order valence-corrected chi connectivity index (χ2v) is 11.1. The zero-order chi connectivity index (χ0) is 23.3. The van der Waals surface area contributed by atoms with Crippen LogP contribution < -0.4 is 5.32 Å². The smallest absolute Gasteiger partial charge is 0.237 e. The summed E-state index contributed by atoms with van der Waals surface area (Å²) in [7, 11) is -3.11. The number of furan rings is 1. The average Bonchev–Trinajstić information content (AvgIpc) is 3.45. The predicted octanol–water partition coefficient (Wildman–Crippen LogP) is 1.77. The van der Waals surface area contributed by atoms with Crippen molar-refractivity contribution in [2.45, 2.75) is 32.0 Å². The maximum absolute atomic E-state index is 13.3. The number of morpholine rings is 1. The molecule has 2 aliphatic heterocycles. The zero-order valence-electron chi connectivity index (χ0n) is 19.1. The first-order valence-corrected chi connectivity index (χ1v) is 13.3. The topological polar surface area (TPSA) is 92.1 Å². The van der Waals surface area contributed by atoms with Crippen molar-refractivity contribution in [1.29, 1.82) is 0 Å². The van der Waals surface area contributed by atoms with E-state index in [1.54, 1.807) is 17.2 Å². The molecular weight excluding hydrogens is 442 g/mol. The Hall–Kier alpha value is -2.20. The van der Waals surface area contributed by atoms with E-state index < -0.39 is 9.84 Å². The molecule has 180 valence electrons. The van der Waals surface area contributed by atoms with Crippen molar-refractivity contribution in [2.75, 3.05) is 50.9 Å². The molecule has 2 saturated heterocycles. The minimum absolute atomic E-state index is 0.00855. The minimum atomic E-state index is -3.11. The van der Waals surface area contributed by atoms with Gasteiger partial charge in [-0.15, -0.1) is 0 Å². The first kappa shape index (κ1) is 23.9. The Balaban J connectivity index is 1.46. The quantitative estimate of drug-likeness (QED) is 0.591. The van der Waals surface area contributed by atoms with Crippen molar-refractivity contribution >= 4 is 15.7 Å². The van der Waals surface area contributed by atoms with Crippen molar-refractivity contribution in [3.63, 3.8) is 0 Å². The molecule has 3 heterocycles. The van der Waals surface area contributed by atoms with Crippen LogP contribution in [0.2, 0.25) is 0 Å². The lowest BCUT2D eigenvalue weighted by Crippen LogP contribution is -2.47. The van der Waals surface area contributed by atoms with Gasteiger partial charge in [-0.05, 0) is 31.0 Å². The summed E-state index contributed by atoms with van der Waals surface area (Å²) in [6, 6.07) is 11.6. The maximum Gasteiger partial charge on any atom is 0.237 e. The molecule has 1 amide bonds. The monoisotopic (exact) mass is 475 g/mol. The van der Waals surface area contributed by atoms with E-state index in [2.05, 4.69) is 41.4 Å². The Morgan fingerprint density at radius 3 is 2.61 bits per heavy atom. The van der Waals surface area contributed by atoms with Crippen LogP contribution >= 0.6 is 0 Å². The summed E-state index contributed by atoms with van der Waals surface area (Å²) in [5.74, 6) is 0.661. The summed E-state index contributed by atoms with van der Waals surface area (Å²) in [4.78, 5) is 17.3. The lowest BCUT2D eigenvalue weighted by atomic mass is 10.0. The van der Waals surface area contributed by atoms with E-state index in [0.29, 0.717) is 25.4 Å². The van der Waals surface area contributed by atoms with E-state index in [4.69, 9.17) is 9.15 Å². The predicted molar refractivity (Wildman–Crippen MR) is 125 cm³/mol. The third-order valence-electron chi connectivity index (χ3n) is 6.40. The van der Waals surface area contributed by atoms with Gasteiger partial charge in [0, 0.05) is 31.7 Å². The summed E-state index contributed by atoms with van der Waals surface area (Å²) in [6.07, 6.45) is 2.03. The molecule has 33 heavy (non-hydrogen) atoms. The highest BCUT2D eigenvalue weighted by molar-refractivity contribution is 7.91. The first-order chi connectivity index (χ1) is 15.9. The molecule has 1 aromatic heterocycles. The van der Waals surface area contributed by atoms with Crippen LogP contribution in [-0.4, -0.2) is 81.1 Å². The highest BCUT2D eigenvalue weighted by Gasteiger charge is 2.35. The largest absolute Gasteiger partial charge is 0.467 e. The zero-order valence-corrected chi connectivity index (χ0v) is 19.9. The summed E-state index contributed by atoms with van der Waals surface area (Å²) in [5, 5.41) is 3.45. The molecule has 0 bridgehead atoms. The summed E-state index contributed by atoms with van der Waals surface area (Å²) < 4.78 is 35.1. The van der Waals surface area contributed by atoms with Crippen LogP contribution in [0, 0.1) is 6.92 Å². The number of rotatable bonds is 9. The number of carbonyl (C=O) groups is 1. The maximum atomic E-state index is 13.3. The number of sulfone groups is 1. The van der Waals surface area contributed by atoms with Crippen LogP contribution in [0.25, 0.3) is 0 Å². The molecule has 0 radical (unpaired) electrons. The number of hydrogen-bond donors (Lipinski definition) is 1.